The van der Waals surface area contributed by atoms with Gasteiger partial charge in [-0.1, -0.05) is 12.1 Å². The van der Waals surface area contributed by atoms with Gasteiger partial charge in [0.2, 0.25) is 0 Å². The second-order valence-corrected chi connectivity index (χ2v) is 4.77. The van der Waals surface area contributed by atoms with Crippen LogP contribution in [0.2, 0.25) is 0 Å². The fourth-order valence-corrected chi connectivity index (χ4v) is 1.68. The van der Waals surface area contributed by atoms with Crippen molar-refractivity contribution in [3.8, 4) is 0 Å². The predicted octanol–water partition coefficient (Wildman–Crippen LogP) is 2.16. The average molecular weight is 279 g/mol. The molecule has 1 aromatic rings. The summed E-state index contributed by atoms with van der Waals surface area (Å²) in [5.74, 6) is -1.28. The van der Waals surface area contributed by atoms with Gasteiger partial charge in [-0.2, -0.15) is 0 Å². The van der Waals surface area contributed by atoms with Gasteiger partial charge in [-0.15, -0.1) is 0 Å². The maximum atomic E-state index is 12.1. The molecule has 0 aliphatic heterocycles. The molecule has 20 heavy (non-hydrogen) atoms. The van der Waals surface area contributed by atoms with Gasteiger partial charge in [-0.3, -0.25) is 9.59 Å². The maximum Gasteiger partial charge on any atom is 0.323 e. The third-order valence-corrected chi connectivity index (χ3v) is 2.78. The first-order valence-corrected chi connectivity index (χ1v) is 6.65. The Hall–Kier alpha value is -1.88. The third kappa shape index (κ3) is 5.01. The zero-order valence-corrected chi connectivity index (χ0v) is 12.1. The summed E-state index contributed by atoms with van der Waals surface area (Å²) >= 11 is 0. The number of carbonyl (C=O) groups excluding carboxylic acids is 1. The van der Waals surface area contributed by atoms with Crippen LogP contribution in [0.4, 0.5) is 0 Å². The van der Waals surface area contributed by atoms with Crippen LogP contribution in [0.3, 0.4) is 0 Å². The van der Waals surface area contributed by atoms with Gasteiger partial charge < -0.3 is 14.7 Å². The van der Waals surface area contributed by atoms with Crippen LogP contribution < -0.4 is 0 Å². The number of nitrogens with zero attached hydrogens (tertiary/aromatic N) is 1. The molecule has 0 bridgehead atoms. The van der Waals surface area contributed by atoms with E-state index in [0.29, 0.717) is 18.7 Å². The Morgan fingerprint density at radius 1 is 1.25 bits per heavy atom. The molecule has 0 saturated carbocycles. The van der Waals surface area contributed by atoms with Crippen molar-refractivity contribution >= 4 is 11.9 Å². The predicted molar refractivity (Wildman–Crippen MR) is 75.6 cm³/mol. The Labute approximate surface area is 119 Å². The van der Waals surface area contributed by atoms with Crippen LogP contribution in [0.5, 0.6) is 0 Å². The summed E-state index contributed by atoms with van der Waals surface area (Å²) in [6.45, 7) is 6.26. The lowest BCUT2D eigenvalue weighted by atomic mass is 10.1. The van der Waals surface area contributed by atoms with E-state index in [1.54, 1.807) is 19.1 Å². The minimum Gasteiger partial charge on any atom is -0.480 e. The summed E-state index contributed by atoms with van der Waals surface area (Å²) < 4.78 is 5.48. The van der Waals surface area contributed by atoms with E-state index in [2.05, 4.69) is 0 Å². The largest absolute Gasteiger partial charge is 0.480 e. The van der Waals surface area contributed by atoms with Crippen molar-refractivity contribution in [3.63, 3.8) is 0 Å². The molecule has 0 fully saturated rings. The van der Waals surface area contributed by atoms with Gasteiger partial charge in [0, 0.05) is 12.1 Å². The number of likely N-dealkylation sites (N-methyl/N-ethyl adjacent to an activating group) is 1. The Bertz CT molecular complexity index is 453. The van der Waals surface area contributed by atoms with E-state index in [1.165, 1.54) is 4.90 Å². The minimum absolute atomic E-state index is 0.155. The average Bonchev–Trinajstić information content (AvgIpc) is 2.42. The molecule has 0 aromatic heterocycles. The van der Waals surface area contributed by atoms with Gasteiger partial charge in [-0.25, -0.2) is 0 Å². The van der Waals surface area contributed by atoms with Crippen molar-refractivity contribution in [2.24, 2.45) is 0 Å². The van der Waals surface area contributed by atoms with Gasteiger partial charge >= 0.3 is 5.97 Å². The molecule has 0 saturated heterocycles. The summed E-state index contributed by atoms with van der Waals surface area (Å²) in [5, 5.41) is 8.77. The number of carboxylic acids is 1. The van der Waals surface area contributed by atoms with E-state index in [1.807, 2.05) is 26.0 Å². The van der Waals surface area contributed by atoms with Crippen LogP contribution in [0.15, 0.2) is 24.3 Å². The molecule has 5 heteroatoms. The molecule has 0 heterocycles. The lowest BCUT2D eigenvalue weighted by Crippen LogP contribution is -2.35. The first-order valence-electron chi connectivity index (χ1n) is 6.65. The first kappa shape index (κ1) is 16.2. The quantitative estimate of drug-likeness (QED) is 0.830. The second kappa shape index (κ2) is 7.65. The molecule has 1 N–H and O–H groups in total. The lowest BCUT2D eigenvalue weighted by Gasteiger charge is -2.18. The van der Waals surface area contributed by atoms with E-state index in [9.17, 15) is 9.59 Å². The molecule has 0 unspecified atom stereocenters. The van der Waals surface area contributed by atoms with E-state index in [0.717, 1.165) is 5.56 Å². The SMILES string of the molecule is CCN(CC(=O)O)C(=O)c1ccc(COC(C)C)cc1. The number of hydrogen-bond donors (Lipinski definition) is 1. The highest BCUT2D eigenvalue weighted by Gasteiger charge is 2.16. The van der Waals surface area contributed by atoms with Gasteiger partial charge in [0.15, 0.2) is 0 Å². The topological polar surface area (TPSA) is 66.8 Å². The molecular formula is C15H21NO4. The van der Waals surface area contributed by atoms with Crippen molar-refractivity contribution in [1.82, 2.24) is 4.90 Å². The molecule has 110 valence electrons. The minimum atomic E-state index is -1.01. The van der Waals surface area contributed by atoms with Crippen molar-refractivity contribution in [3.05, 3.63) is 35.4 Å². The number of aliphatic carboxylic acids is 1. The zero-order valence-electron chi connectivity index (χ0n) is 12.1. The summed E-state index contributed by atoms with van der Waals surface area (Å²) in [6.07, 6.45) is 0.155. The molecule has 0 spiro atoms. The molecule has 1 aromatic carbocycles. The highest BCUT2D eigenvalue weighted by molar-refractivity contribution is 5.95. The smallest absolute Gasteiger partial charge is 0.323 e. The molecule has 0 aliphatic rings. The standard InChI is InChI=1S/C15H21NO4/c1-4-16(9-14(17)18)15(19)13-7-5-12(6-8-13)10-20-11(2)3/h5-8,11H,4,9-10H2,1-3H3,(H,17,18). The van der Waals surface area contributed by atoms with E-state index in [4.69, 9.17) is 9.84 Å². The zero-order chi connectivity index (χ0) is 15.1. The molecular weight excluding hydrogens is 258 g/mol. The van der Waals surface area contributed by atoms with Gasteiger partial charge in [0.05, 0.1) is 12.7 Å². The highest BCUT2D eigenvalue weighted by atomic mass is 16.5. The summed E-state index contributed by atoms with van der Waals surface area (Å²) in [5.41, 5.74) is 1.47. The number of carbonyl (C=O) groups is 2. The van der Waals surface area contributed by atoms with Crippen molar-refractivity contribution in [2.75, 3.05) is 13.1 Å². The molecule has 0 radical (unpaired) electrons. The van der Waals surface area contributed by atoms with Crippen LogP contribution in [-0.4, -0.2) is 41.1 Å². The molecule has 5 nitrogen and oxygen atoms in total. The van der Waals surface area contributed by atoms with E-state index in [-0.39, 0.29) is 18.6 Å². The van der Waals surface area contributed by atoms with Crippen molar-refractivity contribution in [1.29, 1.82) is 0 Å². The first-order chi connectivity index (χ1) is 9.43. The number of ether oxygens (including phenoxy) is 1. The maximum absolute atomic E-state index is 12.1. The molecule has 0 aliphatic carbocycles. The number of hydrogen-bond acceptors (Lipinski definition) is 3. The number of rotatable bonds is 7. The normalized spacial score (nSPS) is 10.6. The fraction of sp³-hybridized carbons (Fsp3) is 0.467. The highest BCUT2D eigenvalue weighted by Crippen LogP contribution is 2.09. The Balaban J connectivity index is 2.71. The van der Waals surface area contributed by atoms with Gasteiger partial charge in [0.1, 0.15) is 6.54 Å². The second-order valence-electron chi connectivity index (χ2n) is 4.77. The van der Waals surface area contributed by atoms with Crippen LogP contribution in [0.25, 0.3) is 0 Å². The van der Waals surface area contributed by atoms with Crippen LogP contribution >= 0.6 is 0 Å². The van der Waals surface area contributed by atoms with Gasteiger partial charge in [-0.05, 0) is 38.5 Å². The molecule has 0 atom stereocenters. The molecule has 1 amide bonds. The van der Waals surface area contributed by atoms with Crippen molar-refractivity contribution in [2.45, 2.75) is 33.5 Å². The number of benzene rings is 1. The fourth-order valence-electron chi connectivity index (χ4n) is 1.68. The van der Waals surface area contributed by atoms with Gasteiger partial charge in [0.25, 0.3) is 5.91 Å². The summed E-state index contributed by atoms with van der Waals surface area (Å²) in [7, 11) is 0. The Morgan fingerprint density at radius 3 is 2.30 bits per heavy atom. The van der Waals surface area contributed by atoms with Crippen molar-refractivity contribution < 1.29 is 19.4 Å². The number of amides is 1. The summed E-state index contributed by atoms with van der Waals surface area (Å²) in [4.78, 5) is 24.1. The van der Waals surface area contributed by atoms with Crippen LogP contribution in [0, 0.1) is 0 Å². The van der Waals surface area contributed by atoms with E-state index >= 15 is 0 Å². The Kier molecular flexibility index (Phi) is 6.18. The monoisotopic (exact) mass is 279 g/mol. The Morgan fingerprint density at radius 2 is 1.85 bits per heavy atom. The van der Waals surface area contributed by atoms with Crippen LogP contribution in [0.1, 0.15) is 36.7 Å². The molecule has 1 rings (SSSR count). The lowest BCUT2D eigenvalue weighted by molar-refractivity contribution is -0.137. The third-order valence-electron chi connectivity index (χ3n) is 2.78. The number of carboxylic acid groups (broad SMARTS) is 1. The summed E-state index contributed by atoms with van der Waals surface area (Å²) in [6, 6.07) is 7.05. The van der Waals surface area contributed by atoms with E-state index < -0.39 is 5.97 Å². The van der Waals surface area contributed by atoms with Crippen LogP contribution in [-0.2, 0) is 16.1 Å².